The quantitative estimate of drug-likeness (QED) is 0.0349. The molecular formula is C62H46Cl2F4N14O7. The first kappa shape index (κ1) is 59.0. The maximum Gasteiger partial charge on any atom is 0.346 e. The van der Waals surface area contributed by atoms with Crippen molar-refractivity contribution < 1.29 is 50.8 Å². The lowest BCUT2D eigenvalue weighted by molar-refractivity contribution is 0.0397. The average Bonchev–Trinajstić information content (AvgIpc) is 2.43. The van der Waals surface area contributed by atoms with Crippen LogP contribution in [0, 0.1) is 23.3 Å². The second kappa shape index (κ2) is 25.9. The van der Waals surface area contributed by atoms with Gasteiger partial charge in [0.1, 0.15) is 48.1 Å². The number of pyridine rings is 4. The van der Waals surface area contributed by atoms with Crippen LogP contribution in [0.15, 0.2) is 146 Å². The first-order valence-electron chi connectivity index (χ1n) is 27.2. The Morgan fingerprint density at radius 1 is 0.517 bits per heavy atom. The van der Waals surface area contributed by atoms with Crippen molar-refractivity contribution in [3.05, 3.63) is 225 Å². The van der Waals surface area contributed by atoms with E-state index in [9.17, 15) is 9.59 Å². The van der Waals surface area contributed by atoms with E-state index < -0.39 is 35.2 Å². The zero-order chi connectivity index (χ0) is 61.7. The molecule has 0 aliphatic carbocycles. The van der Waals surface area contributed by atoms with E-state index in [-0.39, 0.29) is 109 Å². The lowest BCUT2D eigenvalue weighted by Crippen LogP contribution is -2.14. The topological polar surface area (TPSA) is 229 Å². The molecule has 12 rings (SSSR count). The summed E-state index contributed by atoms with van der Waals surface area (Å²) in [5.41, 5.74) is 2.79. The zero-order valence-corrected chi connectivity index (χ0v) is 48.4. The lowest BCUT2D eigenvalue weighted by atomic mass is 10.0. The van der Waals surface area contributed by atoms with Gasteiger partial charge in [0, 0.05) is 99.1 Å². The van der Waals surface area contributed by atoms with E-state index in [0.717, 1.165) is 24.3 Å². The number of hydrogen-bond acceptors (Lipinski definition) is 17. The molecule has 0 aliphatic heterocycles. The van der Waals surface area contributed by atoms with Crippen LogP contribution in [0.5, 0.6) is 11.8 Å². The van der Waals surface area contributed by atoms with E-state index in [1.165, 1.54) is 84.8 Å². The molecule has 0 aliphatic rings. The molecule has 0 fully saturated rings. The van der Waals surface area contributed by atoms with E-state index in [4.69, 9.17) is 56.9 Å². The molecule has 8 heterocycles. The maximum atomic E-state index is 16.1. The van der Waals surface area contributed by atoms with Crippen LogP contribution >= 0.6 is 23.2 Å². The number of benzene rings is 4. The third-order valence-electron chi connectivity index (χ3n) is 14.2. The number of rotatable bonds is 22. The van der Waals surface area contributed by atoms with Crippen molar-refractivity contribution in [1.82, 2.24) is 69.0 Å². The Hall–Kier alpha value is -10.3. The van der Waals surface area contributed by atoms with Crippen molar-refractivity contribution in [2.24, 2.45) is 0 Å². The summed E-state index contributed by atoms with van der Waals surface area (Å²) in [4.78, 5) is 54.5. The molecule has 0 saturated carbocycles. The van der Waals surface area contributed by atoms with Crippen LogP contribution in [-0.2, 0) is 53.4 Å². The van der Waals surface area contributed by atoms with E-state index in [2.05, 4.69) is 40.6 Å². The highest BCUT2D eigenvalue weighted by molar-refractivity contribution is 6.31. The summed E-state index contributed by atoms with van der Waals surface area (Å²) in [7, 11) is 3.00. The minimum Gasteiger partial charge on any atom is -0.473 e. The predicted molar refractivity (Wildman–Crippen MR) is 315 cm³/mol. The van der Waals surface area contributed by atoms with E-state index in [1.807, 2.05) is 0 Å². The first-order chi connectivity index (χ1) is 43.3. The summed E-state index contributed by atoms with van der Waals surface area (Å²) >= 11 is 13.0. The van der Waals surface area contributed by atoms with E-state index in [0.29, 0.717) is 66.5 Å². The fourth-order valence-electron chi connectivity index (χ4n) is 9.73. The van der Waals surface area contributed by atoms with Crippen LogP contribution in [0.3, 0.4) is 0 Å². The Labute approximate surface area is 512 Å². The summed E-state index contributed by atoms with van der Waals surface area (Å²) < 4.78 is 98.5. The summed E-state index contributed by atoms with van der Waals surface area (Å²) in [5, 5.41) is 16.1. The molecule has 4 aromatic carbocycles. The minimum atomic E-state index is -0.985. The van der Waals surface area contributed by atoms with Crippen LogP contribution < -0.4 is 9.47 Å². The number of fused-ring (bicyclic) bond motifs is 2. The molecule has 12 aromatic rings. The predicted octanol–water partition coefficient (Wildman–Crippen LogP) is 11.0. The Kier molecular flexibility index (Phi) is 17.2. The van der Waals surface area contributed by atoms with Gasteiger partial charge in [-0.1, -0.05) is 45.8 Å². The third-order valence-corrected chi connectivity index (χ3v) is 14.9. The van der Waals surface area contributed by atoms with Gasteiger partial charge in [-0.05, 0) is 83.9 Å². The Morgan fingerprint density at radius 2 is 0.966 bits per heavy atom. The Bertz CT molecular complexity index is 4340. The molecule has 21 nitrogen and oxygen atoms in total. The van der Waals surface area contributed by atoms with Gasteiger partial charge >= 0.3 is 11.9 Å². The standard InChI is InChI=1S/C62H46Cl2F4N14O7/c1-85-19-17-79-53-23-35(9-11-51(53)73-57(79)25-37-21-47(67)41(27-45(37)65)49-5-3-7-59(75-49)87-33-39-31-69-55(29-43(39)63)81-15-13-71-77-81)61(83)89-62(84)36-10-12-52-54(24-36)80(18-20-86-2)58(74-52)26-38-22-48(68)42(28-46(38)66)50-6-4-8-60(76-50)88-34-40-32-70-56(30-44(40)64)82-16-14-72-78-82/h3-16,21-24,27-32H,17-20,25-26,33-34H2,1-2H3. The molecule has 448 valence electrons. The third kappa shape index (κ3) is 12.9. The first-order valence-corrected chi connectivity index (χ1v) is 27.9. The number of halogens is 6. The second-order valence-electron chi connectivity index (χ2n) is 19.9. The summed E-state index contributed by atoms with van der Waals surface area (Å²) in [6.45, 7) is 0.762. The average molecular weight is 1250 g/mol. The van der Waals surface area contributed by atoms with Crippen LogP contribution in [0.4, 0.5) is 17.6 Å². The highest BCUT2D eigenvalue weighted by Gasteiger charge is 2.24. The monoisotopic (exact) mass is 1240 g/mol. The van der Waals surface area contributed by atoms with Crippen molar-refractivity contribution in [2.75, 3.05) is 27.4 Å². The molecule has 89 heavy (non-hydrogen) atoms. The number of nitrogens with zero attached hydrogens (tertiary/aromatic N) is 14. The molecule has 0 amide bonds. The second-order valence-corrected chi connectivity index (χ2v) is 20.7. The fraction of sp³-hybridized carbons (Fsp3) is 0.161. The number of carbonyl (C=O) groups excluding carboxylic acids is 2. The molecule has 8 aromatic heterocycles. The highest BCUT2D eigenvalue weighted by atomic mass is 35.5. The number of aromatic nitrogens is 14. The van der Waals surface area contributed by atoms with Gasteiger partial charge in [-0.2, -0.15) is 0 Å². The Morgan fingerprint density at radius 3 is 1.37 bits per heavy atom. The molecular weight excluding hydrogens is 1200 g/mol. The molecule has 0 N–H and O–H groups in total. The molecule has 0 unspecified atom stereocenters. The van der Waals surface area contributed by atoms with Crippen molar-refractivity contribution >= 4 is 57.2 Å². The van der Waals surface area contributed by atoms with Crippen LogP contribution in [0.25, 0.3) is 56.2 Å². The van der Waals surface area contributed by atoms with Crippen molar-refractivity contribution in [3.63, 3.8) is 0 Å². The number of esters is 2. The van der Waals surface area contributed by atoms with Gasteiger partial charge in [0.2, 0.25) is 11.8 Å². The normalized spacial score (nSPS) is 11.5. The number of methoxy groups -OCH3 is 2. The van der Waals surface area contributed by atoms with Gasteiger partial charge in [-0.15, -0.1) is 10.2 Å². The molecule has 0 radical (unpaired) electrons. The largest absolute Gasteiger partial charge is 0.473 e. The Balaban J connectivity index is 0.721. The van der Waals surface area contributed by atoms with Crippen molar-refractivity contribution in [3.8, 4) is 45.9 Å². The van der Waals surface area contributed by atoms with Gasteiger partial charge in [-0.25, -0.2) is 66.4 Å². The molecule has 27 heteroatoms. The van der Waals surface area contributed by atoms with Gasteiger partial charge in [0.05, 0.1) is 92.6 Å². The minimum absolute atomic E-state index is 0.00613. The van der Waals surface area contributed by atoms with Crippen molar-refractivity contribution in [1.29, 1.82) is 0 Å². The van der Waals surface area contributed by atoms with Crippen LogP contribution in [-0.4, -0.2) is 108 Å². The molecule has 0 bridgehead atoms. The summed E-state index contributed by atoms with van der Waals surface area (Å²) in [5.74, 6) is -3.09. The maximum absolute atomic E-state index is 16.1. The highest BCUT2D eigenvalue weighted by Crippen LogP contribution is 2.32. The zero-order valence-electron chi connectivity index (χ0n) is 46.9. The van der Waals surface area contributed by atoms with Gasteiger partial charge in [-0.3, -0.25) is 0 Å². The van der Waals surface area contributed by atoms with Gasteiger partial charge < -0.3 is 32.8 Å². The van der Waals surface area contributed by atoms with Crippen LogP contribution in [0.2, 0.25) is 10.0 Å². The van der Waals surface area contributed by atoms with Gasteiger partial charge in [0.15, 0.2) is 11.6 Å². The molecule has 0 saturated heterocycles. The van der Waals surface area contributed by atoms with E-state index in [1.54, 1.807) is 70.1 Å². The van der Waals surface area contributed by atoms with E-state index >= 15 is 17.6 Å². The lowest BCUT2D eigenvalue weighted by Gasteiger charge is -2.12. The SMILES string of the molecule is COCCn1c(Cc2cc(F)c(-c3cccc(OCc4cnc(-n5ccnn5)cc4Cl)n3)cc2F)nc2ccc(C(=O)OC(=O)c3ccc4nc(Cc5cc(F)c(-c6cccc(OCc7cnc(-n8ccnn8)cc7Cl)n6)cc5F)n(CCOC)c4c3)cc21. The fourth-order valence-corrected chi connectivity index (χ4v) is 10.1. The molecule has 0 spiro atoms. The van der Waals surface area contributed by atoms with Crippen molar-refractivity contribution in [2.45, 2.75) is 39.1 Å². The number of ether oxygens (including phenoxy) is 5. The number of hydrogen-bond donors (Lipinski definition) is 0. The smallest absolute Gasteiger partial charge is 0.346 e. The number of carbonyl (C=O) groups is 2. The van der Waals surface area contributed by atoms with Crippen LogP contribution in [0.1, 0.15) is 54.6 Å². The summed E-state index contributed by atoms with van der Waals surface area (Å²) in [6, 6.07) is 25.8. The number of imidazole rings is 2. The summed E-state index contributed by atoms with van der Waals surface area (Å²) in [6.07, 6.45) is 9.00. The van der Waals surface area contributed by atoms with Gasteiger partial charge in [0.25, 0.3) is 0 Å². The molecule has 0 atom stereocenters.